The monoisotopic (exact) mass is 369 g/mol. The standard InChI is InChI=1S/C17H24ClN3O4/c1-12-11-25-14(10-22)9-21(12)17(23)19-15-8-13(18)2-3-16(15)20-4-6-24-7-5-20/h2-3,8,12,14,22H,4-7,9-11H2,1H3,(H,19,23)/t12-,14-/m0/s1. The fraction of sp³-hybridized carbons (Fsp3) is 0.588. The highest BCUT2D eigenvalue weighted by atomic mass is 35.5. The van der Waals surface area contributed by atoms with Gasteiger partial charge in [-0.15, -0.1) is 0 Å². The van der Waals surface area contributed by atoms with Crippen LogP contribution in [0.3, 0.4) is 0 Å². The third kappa shape index (κ3) is 4.36. The lowest BCUT2D eigenvalue weighted by molar-refractivity contribution is -0.0611. The zero-order valence-electron chi connectivity index (χ0n) is 14.3. The lowest BCUT2D eigenvalue weighted by Gasteiger charge is -2.37. The third-order valence-corrected chi connectivity index (χ3v) is 4.76. The lowest BCUT2D eigenvalue weighted by atomic mass is 10.2. The fourth-order valence-electron chi connectivity index (χ4n) is 3.09. The van der Waals surface area contributed by atoms with E-state index in [1.807, 2.05) is 19.1 Å². The number of anilines is 2. The van der Waals surface area contributed by atoms with Crippen LogP contribution in [0, 0.1) is 0 Å². The minimum atomic E-state index is -0.347. The summed E-state index contributed by atoms with van der Waals surface area (Å²) in [6.07, 6.45) is -0.347. The van der Waals surface area contributed by atoms with Gasteiger partial charge in [-0.2, -0.15) is 0 Å². The number of nitrogens with zero attached hydrogens (tertiary/aromatic N) is 2. The maximum atomic E-state index is 12.8. The number of benzene rings is 1. The average Bonchev–Trinajstić information content (AvgIpc) is 2.63. The van der Waals surface area contributed by atoms with E-state index in [1.54, 1.807) is 11.0 Å². The third-order valence-electron chi connectivity index (χ3n) is 4.52. The molecule has 0 aliphatic carbocycles. The molecule has 25 heavy (non-hydrogen) atoms. The van der Waals surface area contributed by atoms with Gasteiger partial charge in [0.15, 0.2) is 0 Å². The van der Waals surface area contributed by atoms with E-state index in [0.717, 1.165) is 18.8 Å². The molecule has 2 N–H and O–H groups in total. The summed E-state index contributed by atoms with van der Waals surface area (Å²) in [4.78, 5) is 16.6. The Balaban J connectivity index is 1.76. The first-order valence-electron chi connectivity index (χ1n) is 8.51. The van der Waals surface area contributed by atoms with Crippen molar-refractivity contribution < 1.29 is 19.4 Å². The predicted molar refractivity (Wildman–Crippen MR) is 96.5 cm³/mol. The summed E-state index contributed by atoms with van der Waals surface area (Å²) in [5.74, 6) is 0. The molecule has 0 radical (unpaired) electrons. The number of carbonyl (C=O) groups excluding carboxylic acids is 1. The van der Waals surface area contributed by atoms with Crippen molar-refractivity contribution in [2.75, 3.05) is 56.3 Å². The molecule has 2 amide bonds. The Hall–Kier alpha value is -1.54. The first-order chi connectivity index (χ1) is 12.1. The normalized spacial score (nSPS) is 24.3. The molecule has 3 rings (SSSR count). The quantitative estimate of drug-likeness (QED) is 0.849. The Morgan fingerprint density at radius 1 is 1.40 bits per heavy atom. The number of aliphatic hydroxyl groups excluding tert-OH is 1. The molecule has 2 saturated heterocycles. The van der Waals surface area contributed by atoms with Gasteiger partial charge in [-0.3, -0.25) is 0 Å². The average molecular weight is 370 g/mol. The summed E-state index contributed by atoms with van der Waals surface area (Å²) in [6.45, 7) is 5.45. The van der Waals surface area contributed by atoms with Gasteiger partial charge >= 0.3 is 6.03 Å². The zero-order chi connectivity index (χ0) is 17.8. The van der Waals surface area contributed by atoms with Crippen molar-refractivity contribution in [2.24, 2.45) is 0 Å². The van der Waals surface area contributed by atoms with Crippen LogP contribution in [0.25, 0.3) is 0 Å². The Labute approximate surface area is 152 Å². The zero-order valence-corrected chi connectivity index (χ0v) is 15.0. The summed E-state index contributed by atoms with van der Waals surface area (Å²) in [7, 11) is 0. The number of morpholine rings is 2. The maximum Gasteiger partial charge on any atom is 0.322 e. The molecule has 2 fully saturated rings. The van der Waals surface area contributed by atoms with Crippen LogP contribution in [-0.2, 0) is 9.47 Å². The molecule has 1 aromatic carbocycles. The minimum absolute atomic E-state index is 0.0613. The van der Waals surface area contributed by atoms with Crippen LogP contribution >= 0.6 is 11.6 Å². The molecular formula is C17H24ClN3O4. The van der Waals surface area contributed by atoms with E-state index in [9.17, 15) is 9.90 Å². The van der Waals surface area contributed by atoms with Crippen LogP contribution in [0.15, 0.2) is 18.2 Å². The summed E-state index contributed by atoms with van der Waals surface area (Å²) in [6, 6.07) is 5.22. The molecular weight excluding hydrogens is 346 g/mol. The van der Waals surface area contributed by atoms with Crippen molar-refractivity contribution in [3.63, 3.8) is 0 Å². The highest BCUT2D eigenvalue weighted by molar-refractivity contribution is 6.31. The van der Waals surface area contributed by atoms with Crippen molar-refractivity contribution >= 4 is 29.0 Å². The van der Waals surface area contributed by atoms with E-state index in [4.69, 9.17) is 21.1 Å². The van der Waals surface area contributed by atoms with Gasteiger partial charge in [-0.25, -0.2) is 4.79 Å². The molecule has 0 aromatic heterocycles. The van der Waals surface area contributed by atoms with Crippen LogP contribution in [0.4, 0.5) is 16.2 Å². The minimum Gasteiger partial charge on any atom is -0.394 e. The summed E-state index contributed by atoms with van der Waals surface area (Å²) in [5.41, 5.74) is 1.61. The van der Waals surface area contributed by atoms with Crippen molar-refractivity contribution in [3.05, 3.63) is 23.2 Å². The number of amides is 2. The Morgan fingerprint density at radius 2 is 2.16 bits per heavy atom. The first-order valence-corrected chi connectivity index (χ1v) is 8.88. The predicted octanol–water partition coefficient (Wildman–Crippen LogP) is 1.79. The Bertz CT molecular complexity index is 610. The number of rotatable bonds is 3. The topological polar surface area (TPSA) is 74.3 Å². The second-order valence-corrected chi connectivity index (χ2v) is 6.77. The van der Waals surface area contributed by atoms with E-state index < -0.39 is 0 Å². The highest BCUT2D eigenvalue weighted by Crippen LogP contribution is 2.30. The maximum absolute atomic E-state index is 12.8. The molecule has 2 atom stereocenters. The van der Waals surface area contributed by atoms with Crippen LogP contribution < -0.4 is 10.2 Å². The van der Waals surface area contributed by atoms with Crippen LogP contribution in [0.5, 0.6) is 0 Å². The summed E-state index contributed by atoms with van der Waals surface area (Å²) >= 11 is 6.14. The van der Waals surface area contributed by atoms with Gasteiger partial charge in [0.1, 0.15) is 0 Å². The molecule has 138 valence electrons. The molecule has 2 aliphatic heterocycles. The van der Waals surface area contributed by atoms with E-state index >= 15 is 0 Å². The largest absolute Gasteiger partial charge is 0.394 e. The van der Waals surface area contributed by atoms with Crippen molar-refractivity contribution in [3.8, 4) is 0 Å². The second kappa shape index (κ2) is 8.23. The molecule has 8 heteroatoms. The molecule has 2 aliphatic rings. The van der Waals surface area contributed by atoms with Gasteiger partial charge in [-0.1, -0.05) is 11.6 Å². The number of ether oxygens (including phenoxy) is 2. The Morgan fingerprint density at radius 3 is 2.88 bits per heavy atom. The van der Waals surface area contributed by atoms with Crippen LogP contribution in [0.1, 0.15) is 6.92 Å². The number of hydrogen-bond acceptors (Lipinski definition) is 5. The van der Waals surface area contributed by atoms with E-state index in [-0.39, 0.29) is 24.8 Å². The number of nitrogens with one attached hydrogen (secondary N) is 1. The molecule has 0 saturated carbocycles. The molecule has 1 aromatic rings. The van der Waals surface area contributed by atoms with Crippen LogP contribution in [0.2, 0.25) is 5.02 Å². The summed E-state index contributed by atoms with van der Waals surface area (Å²) in [5, 5.41) is 12.8. The lowest BCUT2D eigenvalue weighted by Crippen LogP contribution is -2.53. The van der Waals surface area contributed by atoms with Gasteiger partial charge in [0.05, 0.1) is 56.5 Å². The Kier molecular flexibility index (Phi) is 6.01. The van der Waals surface area contributed by atoms with Crippen molar-refractivity contribution in [1.29, 1.82) is 0 Å². The van der Waals surface area contributed by atoms with Crippen LogP contribution in [-0.4, -0.2) is 74.2 Å². The molecule has 2 heterocycles. The van der Waals surface area contributed by atoms with Gasteiger partial charge in [0.2, 0.25) is 0 Å². The number of carbonyl (C=O) groups is 1. The molecule has 0 bridgehead atoms. The number of halogens is 1. The van der Waals surface area contributed by atoms with Gasteiger partial charge in [0.25, 0.3) is 0 Å². The van der Waals surface area contributed by atoms with Gasteiger partial charge in [0, 0.05) is 18.1 Å². The van der Waals surface area contributed by atoms with Crippen molar-refractivity contribution in [2.45, 2.75) is 19.1 Å². The van der Waals surface area contributed by atoms with E-state index in [0.29, 0.717) is 37.1 Å². The molecule has 7 nitrogen and oxygen atoms in total. The number of urea groups is 1. The van der Waals surface area contributed by atoms with E-state index in [1.165, 1.54) is 0 Å². The molecule has 0 unspecified atom stereocenters. The number of hydrogen-bond donors (Lipinski definition) is 2. The highest BCUT2D eigenvalue weighted by Gasteiger charge is 2.30. The summed E-state index contributed by atoms with van der Waals surface area (Å²) < 4.78 is 10.9. The second-order valence-electron chi connectivity index (χ2n) is 6.33. The molecule has 0 spiro atoms. The SMILES string of the molecule is C[C@H]1CO[C@H](CO)CN1C(=O)Nc1cc(Cl)ccc1N1CCOCC1. The van der Waals surface area contributed by atoms with Crippen molar-refractivity contribution in [1.82, 2.24) is 4.90 Å². The first kappa shape index (κ1) is 18.3. The fourth-order valence-corrected chi connectivity index (χ4v) is 3.26. The smallest absolute Gasteiger partial charge is 0.322 e. The van der Waals surface area contributed by atoms with Gasteiger partial charge < -0.3 is 29.7 Å². The van der Waals surface area contributed by atoms with Gasteiger partial charge in [-0.05, 0) is 25.1 Å². The number of aliphatic hydroxyl groups is 1. The van der Waals surface area contributed by atoms with E-state index in [2.05, 4.69) is 10.2 Å².